The Balaban J connectivity index is 1.64. The summed E-state index contributed by atoms with van der Waals surface area (Å²) >= 11 is 1.32. The van der Waals surface area contributed by atoms with Gasteiger partial charge >= 0.3 is 0 Å². The Kier molecular flexibility index (Phi) is 4.36. The summed E-state index contributed by atoms with van der Waals surface area (Å²) in [5.74, 6) is 2.03. The Morgan fingerprint density at radius 2 is 1.78 bits per heavy atom. The highest BCUT2D eigenvalue weighted by molar-refractivity contribution is 7.25. The van der Waals surface area contributed by atoms with Crippen LogP contribution in [0.3, 0.4) is 0 Å². The molecule has 3 aromatic carbocycles. The SMILES string of the molecule is O=c1c2c(nc(-c3ccc4c(c3)OCCO4)n1Cc1ccccc1)sc1c(O)cccc12. The molecule has 6 nitrogen and oxygen atoms in total. The minimum absolute atomic E-state index is 0.138. The minimum atomic E-state index is -0.138. The van der Waals surface area contributed by atoms with Crippen molar-refractivity contribution in [1.29, 1.82) is 0 Å². The molecule has 0 atom stereocenters. The molecule has 32 heavy (non-hydrogen) atoms. The fourth-order valence-corrected chi connectivity index (χ4v) is 5.16. The fraction of sp³-hybridized carbons (Fsp3) is 0.120. The lowest BCUT2D eigenvalue weighted by Gasteiger charge is -2.19. The molecule has 1 aliphatic rings. The van der Waals surface area contributed by atoms with Crippen molar-refractivity contribution in [3.05, 3.63) is 82.6 Å². The summed E-state index contributed by atoms with van der Waals surface area (Å²) in [6.45, 7) is 1.37. The summed E-state index contributed by atoms with van der Waals surface area (Å²) in [6, 6.07) is 20.7. The zero-order valence-corrected chi connectivity index (χ0v) is 17.8. The third-order valence-corrected chi connectivity index (χ3v) is 6.70. The van der Waals surface area contributed by atoms with Crippen LogP contribution < -0.4 is 15.0 Å². The van der Waals surface area contributed by atoms with Crippen molar-refractivity contribution < 1.29 is 14.6 Å². The maximum absolute atomic E-state index is 13.8. The molecule has 0 saturated carbocycles. The second-order valence-electron chi connectivity index (χ2n) is 7.61. The molecule has 1 N–H and O–H groups in total. The van der Waals surface area contributed by atoms with E-state index in [1.54, 1.807) is 16.7 Å². The molecular weight excluding hydrogens is 424 g/mol. The second kappa shape index (κ2) is 7.39. The number of thiophene rings is 1. The number of phenolic OH excluding ortho intramolecular Hbond substituents is 1. The van der Waals surface area contributed by atoms with Crippen molar-refractivity contribution in [2.45, 2.75) is 6.54 Å². The summed E-state index contributed by atoms with van der Waals surface area (Å²) in [7, 11) is 0. The minimum Gasteiger partial charge on any atom is -0.506 e. The van der Waals surface area contributed by atoms with E-state index in [0.717, 1.165) is 16.5 Å². The molecule has 0 saturated heterocycles. The largest absolute Gasteiger partial charge is 0.506 e. The van der Waals surface area contributed by atoms with E-state index in [1.165, 1.54) is 11.3 Å². The Morgan fingerprint density at radius 1 is 0.969 bits per heavy atom. The van der Waals surface area contributed by atoms with Gasteiger partial charge in [0.25, 0.3) is 5.56 Å². The first-order valence-electron chi connectivity index (χ1n) is 10.3. The van der Waals surface area contributed by atoms with Crippen LogP contribution in [0.5, 0.6) is 17.2 Å². The fourth-order valence-electron chi connectivity index (χ4n) is 4.08. The molecule has 2 aromatic heterocycles. The monoisotopic (exact) mass is 442 g/mol. The number of hydrogen-bond acceptors (Lipinski definition) is 6. The van der Waals surface area contributed by atoms with Gasteiger partial charge in [0.1, 0.15) is 29.6 Å². The van der Waals surface area contributed by atoms with E-state index < -0.39 is 0 Å². The zero-order chi connectivity index (χ0) is 21.7. The Bertz CT molecular complexity index is 1540. The summed E-state index contributed by atoms with van der Waals surface area (Å²) in [5, 5.41) is 11.6. The maximum Gasteiger partial charge on any atom is 0.263 e. The van der Waals surface area contributed by atoms with Crippen LogP contribution in [-0.2, 0) is 6.54 Å². The third-order valence-electron chi connectivity index (χ3n) is 5.58. The number of aromatic hydroxyl groups is 1. The first-order valence-corrected chi connectivity index (χ1v) is 11.1. The quantitative estimate of drug-likeness (QED) is 0.434. The number of rotatable bonds is 3. The lowest BCUT2D eigenvalue weighted by molar-refractivity contribution is 0.171. The molecule has 0 radical (unpaired) electrons. The van der Waals surface area contributed by atoms with Gasteiger partial charge in [-0.05, 0) is 29.8 Å². The molecule has 0 spiro atoms. The van der Waals surface area contributed by atoms with Gasteiger partial charge in [0.05, 0.1) is 16.6 Å². The van der Waals surface area contributed by atoms with Crippen LogP contribution in [-0.4, -0.2) is 27.9 Å². The Morgan fingerprint density at radius 3 is 2.62 bits per heavy atom. The van der Waals surface area contributed by atoms with E-state index >= 15 is 0 Å². The van der Waals surface area contributed by atoms with Crippen molar-refractivity contribution in [2.75, 3.05) is 13.2 Å². The molecule has 0 amide bonds. The van der Waals surface area contributed by atoms with E-state index in [2.05, 4.69) is 0 Å². The van der Waals surface area contributed by atoms with E-state index in [1.807, 2.05) is 54.6 Å². The van der Waals surface area contributed by atoms with Gasteiger partial charge in [-0.3, -0.25) is 9.36 Å². The molecule has 6 rings (SSSR count). The van der Waals surface area contributed by atoms with Gasteiger partial charge in [0, 0.05) is 10.9 Å². The van der Waals surface area contributed by atoms with Crippen LogP contribution in [0.1, 0.15) is 5.56 Å². The van der Waals surface area contributed by atoms with Gasteiger partial charge in [0.15, 0.2) is 11.5 Å². The molecule has 3 heterocycles. The standard InChI is InChI=1S/C25H18N2O4S/c28-18-8-4-7-17-21-24(32-22(17)18)26-23(16-9-10-19-20(13-16)31-12-11-30-19)27(25(21)29)14-15-5-2-1-3-6-15/h1-10,13,28H,11-12,14H2. The van der Waals surface area contributed by atoms with Gasteiger partial charge in [-0.1, -0.05) is 42.5 Å². The second-order valence-corrected chi connectivity index (χ2v) is 8.61. The lowest BCUT2D eigenvalue weighted by atomic mass is 10.1. The van der Waals surface area contributed by atoms with Crippen molar-refractivity contribution in [2.24, 2.45) is 0 Å². The van der Waals surface area contributed by atoms with Gasteiger partial charge in [-0.2, -0.15) is 0 Å². The van der Waals surface area contributed by atoms with E-state index in [-0.39, 0.29) is 11.3 Å². The highest BCUT2D eigenvalue weighted by Crippen LogP contribution is 2.38. The van der Waals surface area contributed by atoms with Crippen LogP contribution in [0.2, 0.25) is 0 Å². The van der Waals surface area contributed by atoms with Gasteiger partial charge in [0.2, 0.25) is 0 Å². The van der Waals surface area contributed by atoms with Crippen LogP contribution in [0.4, 0.5) is 0 Å². The number of benzene rings is 3. The maximum atomic E-state index is 13.8. The predicted molar refractivity (Wildman–Crippen MR) is 125 cm³/mol. The Hall–Kier alpha value is -3.84. The molecule has 0 unspecified atom stereocenters. The average molecular weight is 442 g/mol. The summed E-state index contributed by atoms with van der Waals surface area (Å²) < 4.78 is 13.8. The smallest absolute Gasteiger partial charge is 0.263 e. The van der Waals surface area contributed by atoms with Gasteiger partial charge in [-0.15, -0.1) is 11.3 Å². The number of fused-ring (bicyclic) bond motifs is 4. The van der Waals surface area contributed by atoms with Crippen LogP contribution in [0.25, 0.3) is 31.7 Å². The van der Waals surface area contributed by atoms with Crippen LogP contribution in [0.15, 0.2) is 71.5 Å². The number of hydrogen-bond donors (Lipinski definition) is 1. The molecule has 158 valence electrons. The van der Waals surface area contributed by atoms with E-state index in [0.29, 0.717) is 52.0 Å². The highest BCUT2D eigenvalue weighted by atomic mass is 32.1. The van der Waals surface area contributed by atoms with E-state index in [4.69, 9.17) is 14.5 Å². The first kappa shape index (κ1) is 18.9. The number of phenols is 1. The average Bonchev–Trinajstić information content (AvgIpc) is 3.21. The topological polar surface area (TPSA) is 73.6 Å². The van der Waals surface area contributed by atoms with Gasteiger partial charge < -0.3 is 14.6 Å². The van der Waals surface area contributed by atoms with Crippen molar-refractivity contribution >= 4 is 31.6 Å². The molecule has 0 aliphatic carbocycles. The number of aromatic nitrogens is 2. The van der Waals surface area contributed by atoms with Crippen molar-refractivity contribution in [3.8, 4) is 28.6 Å². The summed E-state index contributed by atoms with van der Waals surface area (Å²) in [5.41, 5.74) is 1.63. The summed E-state index contributed by atoms with van der Waals surface area (Å²) in [6.07, 6.45) is 0. The third kappa shape index (κ3) is 3.01. The zero-order valence-electron chi connectivity index (χ0n) is 16.9. The van der Waals surface area contributed by atoms with Crippen LogP contribution >= 0.6 is 11.3 Å². The predicted octanol–water partition coefficient (Wildman–Crippen LogP) is 4.80. The molecule has 5 aromatic rings. The van der Waals surface area contributed by atoms with Crippen molar-refractivity contribution in [3.63, 3.8) is 0 Å². The summed E-state index contributed by atoms with van der Waals surface area (Å²) in [4.78, 5) is 19.3. The van der Waals surface area contributed by atoms with Gasteiger partial charge in [-0.25, -0.2) is 4.98 Å². The first-order chi connectivity index (χ1) is 15.7. The molecule has 0 bridgehead atoms. The number of ether oxygens (including phenoxy) is 2. The lowest BCUT2D eigenvalue weighted by Crippen LogP contribution is -2.24. The highest BCUT2D eigenvalue weighted by Gasteiger charge is 2.20. The normalized spacial score (nSPS) is 13.0. The Labute approximate surface area is 186 Å². The molecular formula is C25H18N2O4S. The number of nitrogens with zero attached hydrogens (tertiary/aromatic N) is 2. The van der Waals surface area contributed by atoms with Crippen LogP contribution in [0, 0.1) is 0 Å². The molecule has 0 fully saturated rings. The molecule has 7 heteroatoms. The van der Waals surface area contributed by atoms with Crippen molar-refractivity contribution in [1.82, 2.24) is 9.55 Å². The molecule has 1 aliphatic heterocycles. The van der Waals surface area contributed by atoms with E-state index in [9.17, 15) is 9.90 Å².